The Bertz CT molecular complexity index is 1230. The van der Waals surface area contributed by atoms with Gasteiger partial charge < -0.3 is 14.8 Å². The van der Waals surface area contributed by atoms with Crippen molar-refractivity contribution in [2.24, 2.45) is 0 Å². The van der Waals surface area contributed by atoms with E-state index >= 15 is 0 Å². The van der Waals surface area contributed by atoms with E-state index in [1.54, 1.807) is 36.1 Å². The van der Waals surface area contributed by atoms with Crippen LogP contribution in [0.3, 0.4) is 0 Å². The molecule has 1 aliphatic heterocycles. The number of carbonyl (C=O) groups is 4. The van der Waals surface area contributed by atoms with Gasteiger partial charge in [-0.3, -0.25) is 19.2 Å². The summed E-state index contributed by atoms with van der Waals surface area (Å²) in [5, 5.41) is -0.0680. The van der Waals surface area contributed by atoms with Crippen molar-refractivity contribution in [1.29, 1.82) is 0 Å². The number of hydrogen-bond acceptors (Lipinski definition) is 4. The second-order valence-electron chi connectivity index (χ2n) is 7.90. The van der Waals surface area contributed by atoms with E-state index in [2.05, 4.69) is 4.98 Å². The van der Waals surface area contributed by atoms with Crippen LogP contribution in [0.4, 0.5) is 4.39 Å². The van der Waals surface area contributed by atoms with Gasteiger partial charge in [-0.1, -0.05) is 18.2 Å². The average Bonchev–Trinajstić information content (AvgIpc) is 3.24. The third kappa shape index (κ3) is 3.68. The van der Waals surface area contributed by atoms with E-state index in [4.69, 9.17) is 0 Å². The van der Waals surface area contributed by atoms with Crippen LogP contribution in [0.15, 0.2) is 48.7 Å². The molecule has 1 atom stereocenters. The molecule has 2 amide bonds. The molecule has 2 aromatic carbocycles. The third-order valence-corrected chi connectivity index (χ3v) is 5.80. The van der Waals surface area contributed by atoms with E-state index in [0.717, 1.165) is 6.07 Å². The number of ketones is 2. The Labute approximate surface area is 183 Å². The predicted octanol–water partition coefficient (Wildman–Crippen LogP) is 3.07. The van der Waals surface area contributed by atoms with Gasteiger partial charge in [-0.25, -0.2) is 4.39 Å². The number of nitrogens with zero attached hydrogens (tertiary/aromatic N) is 2. The molecule has 1 fully saturated rings. The lowest BCUT2D eigenvalue weighted by molar-refractivity contribution is -0.130. The highest BCUT2D eigenvalue weighted by molar-refractivity contribution is 6.45. The number of fused-ring (bicyclic) bond motifs is 1. The normalized spacial score (nSPS) is 16.3. The third-order valence-electron chi connectivity index (χ3n) is 5.80. The number of nitrogens with one attached hydrogen (secondary N) is 1. The first-order chi connectivity index (χ1) is 15.3. The van der Waals surface area contributed by atoms with E-state index < -0.39 is 23.5 Å². The van der Waals surface area contributed by atoms with Crippen LogP contribution in [0.1, 0.15) is 44.9 Å². The number of Topliss-reactive ketones (excluding diaryl/α,β-unsaturated/α-hetero) is 2. The molecule has 164 valence electrons. The zero-order chi connectivity index (χ0) is 23.0. The maximum Gasteiger partial charge on any atom is 0.295 e. The molecule has 1 aliphatic rings. The fourth-order valence-corrected chi connectivity index (χ4v) is 4.13. The smallest absolute Gasteiger partial charge is 0.295 e. The molecule has 0 saturated carbocycles. The summed E-state index contributed by atoms with van der Waals surface area (Å²) in [6.45, 7) is 3.86. The predicted molar refractivity (Wildman–Crippen MR) is 116 cm³/mol. The van der Waals surface area contributed by atoms with Gasteiger partial charge in [-0.2, -0.15) is 0 Å². The van der Waals surface area contributed by atoms with Crippen LogP contribution in [0.2, 0.25) is 0 Å². The maximum atomic E-state index is 14.5. The van der Waals surface area contributed by atoms with E-state index in [9.17, 15) is 23.6 Å². The van der Waals surface area contributed by atoms with Crippen molar-refractivity contribution in [1.82, 2.24) is 14.8 Å². The first-order valence-electron chi connectivity index (χ1n) is 10.3. The molecule has 7 nitrogen and oxygen atoms in total. The van der Waals surface area contributed by atoms with E-state index in [0.29, 0.717) is 5.56 Å². The topological polar surface area (TPSA) is 90.6 Å². The Morgan fingerprint density at radius 2 is 1.72 bits per heavy atom. The Hall–Kier alpha value is -3.81. The first kappa shape index (κ1) is 21.4. The number of rotatable bonds is 4. The number of piperazine rings is 1. The van der Waals surface area contributed by atoms with Crippen molar-refractivity contribution in [3.63, 3.8) is 0 Å². The molecule has 2 heterocycles. The largest absolute Gasteiger partial charge is 0.360 e. The summed E-state index contributed by atoms with van der Waals surface area (Å²) in [6, 6.07) is 10.9. The van der Waals surface area contributed by atoms with E-state index in [1.807, 2.05) is 6.07 Å². The Morgan fingerprint density at radius 1 is 1.00 bits per heavy atom. The maximum absolute atomic E-state index is 14.5. The number of hydrogen-bond donors (Lipinski definition) is 1. The number of benzene rings is 2. The quantitative estimate of drug-likeness (QED) is 0.504. The molecule has 3 aromatic rings. The highest BCUT2D eigenvalue weighted by atomic mass is 19.1. The van der Waals surface area contributed by atoms with Gasteiger partial charge in [0.05, 0.1) is 11.1 Å². The van der Waals surface area contributed by atoms with Crippen molar-refractivity contribution in [2.45, 2.75) is 19.9 Å². The molecule has 0 bridgehead atoms. The van der Waals surface area contributed by atoms with Crippen molar-refractivity contribution < 1.29 is 23.6 Å². The lowest BCUT2D eigenvalue weighted by Crippen LogP contribution is -2.56. The van der Waals surface area contributed by atoms with Gasteiger partial charge in [0.1, 0.15) is 5.82 Å². The van der Waals surface area contributed by atoms with Crippen LogP contribution < -0.4 is 0 Å². The van der Waals surface area contributed by atoms with Crippen LogP contribution in [-0.2, 0) is 4.79 Å². The van der Waals surface area contributed by atoms with Crippen LogP contribution in [0.5, 0.6) is 0 Å². The lowest BCUT2D eigenvalue weighted by atomic mass is 10.0. The molecule has 4 rings (SSSR count). The minimum atomic E-state index is -0.856. The number of aromatic nitrogens is 1. The number of aromatic amines is 1. The highest BCUT2D eigenvalue weighted by Gasteiger charge is 2.34. The summed E-state index contributed by atoms with van der Waals surface area (Å²) in [7, 11) is 0. The molecule has 0 aliphatic carbocycles. The van der Waals surface area contributed by atoms with Crippen LogP contribution in [0, 0.1) is 5.82 Å². The van der Waals surface area contributed by atoms with E-state index in [1.165, 1.54) is 24.1 Å². The van der Waals surface area contributed by atoms with Crippen LogP contribution in [-0.4, -0.2) is 63.8 Å². The number of H-pyrrole nitrogens is 1. The second-order valence-corrected chi connectivity index (χ2v) is 7.90. The fraction of sp³-hybridized carbons (Fsp3) is 0.250. The molecular weight excluding hydrogens is 413 g/mol. The Kier molecular flexibility index (Phi) is 5.61. The lowest BCUT2D eigenvalue weighted by Gasteiger charge is -2.39. The molecule has 8 heteroatoms. The minimum Gasteiger partial charge on any atom is -0.360 e. The molecule has 0 radical (unpaired) electrons. The average molecular weight is 435 g/mol. The minimum absolute atomic E-state index is 0.0680. The SMILES string of the molecule is CC(=O)c1ccc(F)c2c(C(=O)C(=O)N3CCN(C(=O)c4ccccc4)C[C@H]3C)c[nH]c12. The van der Waals surface area contributed by atoms with Gasteiger partial charge in [0.2, 0.25) is 0 Å². The summed E-state index contributed by atoms with van der Waals surface area (Å²) in [4.78, 5) is 56.3. The van der Waals surface area contributed by atoms with Gasteiger partial charge in [-0.15, -0.1) is 0 Å². The van der Waals surface area contributed by atoms with Crippen molar-refractivity contribution in [3.8, 4) is 0 Å². The van der Waals surface area contributed by atoms with Gasteiger partial charge in [-0.05, 0) is 38.1 Å². The summed E-state index contributed by atoms with van der Waals surface area (Å²) in [6.07, 6.45) is 1.26. The first-order valence-corrected chi connectivity index (χ1v) is 10.3. The zero-order valence-corrected chi connectivity index (χ0v) is 17.7. The van der Waals surface area contributed by atoms with Crippen molar-refractivity contribution >= 4 is 34.3 Å². The van der Waals surface area contributed by atoms with Crippen molar-refractivity contribution in [3.05, 3.63) is 71.2 Å². The Balaban J connectivity index is 1.54. The van der Waals surface area contributed by atoms with Gasteiger partial charge >= 0.3 is 0 Å². The van der Waals surface area contributed by atoms with Gasteiger partial charge in [0.25, 0.3) is 17.6 Å². The molecule has 0 unspecified atom stereocenters. The standard InChI is InChI=1S/C24H22FN3O4/c1-14-13-27(23(31)16-6-4-3-5-7-16)10-11-28(14)24(32)22(30)18-12-26-21-17(15(2)29)8-9-19(25)20(18)21/h3-9,12,14,26H,10-11,13H2,1-2H3/t14-/m1/s1. The molecule has 32 heavy (non-hydrogen) atoms. The fourth-order valence-electron chi connectivity index (χ4n) is 4.13. The highest BCUT2D eigenvalue weighted by Crippen LogP contribution is 2.27. The van der Waals surface area contributed by atoms with E-state index in [-0.39, 0.29) is 53.4 Å². The van der Waals surface area contributed by atoms with Crippen molar-refractivity contribution in [2.75, 3.05) is 19.6 Å². The number of halogens is 1. The molecule has 1 N–H and O–H groups in total. The Morgan fingerprint density at radius 3 is 2.38 bits per heavy atom. The van der Waals surface area contributed by atoms with Crippen LogP contribution in [0.25, 0.3) is 10.9 Å². The summed E-state index contributed by atoms with van der Waals surface area (Å²) in [5.41, 5.74) is 0.890. The molecule has 1 saturated heterocycles. The monoisotopic (exact) mass is 435 g/mol. The molecular formula is C24H22FN3O4. The summed E-state index contributed by atoms with van der Waals surface area (Å²) in [5.74, 6) is -2.72. The second kappa shape index (κ2) is 8.37. The van der Waals surface area contributed by atoms with Crippen LogP contribution >= 0.6 is 0 Å². The number of carbonyl (C=O) groups excluding carboxylic acids is 4. The zero-order valence-electron chi connectivity index (χ0n) is 17.7. The molecule has 1 aromatic heterocycles. The molecule has 0 spiro atoms. The summed E-state index contributed by atoms with van der Waals surface area (Å²) >= 11 is 0. The van der Waals surface area contributed by atoms with Gasteiger partial charge in [0, 0.05) is 48.4 Å². The summed E-state index contributed by atoms with van der Waals surface area (Å²) < 4.78 is 14.5. The van der Waals surface area contributed by atoms with Gasteiger partial charge in [0.15, 0.2) is 5.78 Å². The number of amides is 2.